The maximum atomic E-state index is 12.0. The molecular weight excluding hydrogens is 312 g/mol. The summed E-state index contributed by atoms with van der Waals surface area (Å²) >= 11 is 0. The number of carbonyl (C=O) groups is 1. The Bertz CT molecular complexity index is 626. The van der Waals surface area contributed by atoms with E-state index < -0.39 is 10.0 Å². The monoisotopic (exact) mass is 338 g/mol. The molecule has 2 rings (SSSR count). The molecular formula is C17H26N2O3S. The molecule has 128 valence electrons. The zero-order valence-corrected chi connectivity index (χ0v) is 14.7. The zero-order valence-electron chi connectivity index (χ0n) is 13.9. The lowest BCUT2D eigenvalue weighted by Crippen LogP contribution is -2.42. The Kier molecular flexibility index (Phi) is 6.18. The standard InChI is InChI=1S/C17H26N2O3S/c1-3-14-6-8-15(9-7-14)10-11-17(20)18-13-16-5-4-12-19(16)23(2,21)22/h6-9,16H,3-5,10-13H2,1-2H3,(H,18,20). The lowest BCUT2D eigenvalue weighted by Gasteiger charge is -2.22. The van der Waals surface area contributed by atoms with Gasteiger partial charge in [-0.15, -0.1) is 0 Å². The van der Waals surface area contributed by atoms with Crippen LogP contribution in [0.25, 0.3) is 0 Å². The van der Waals surface area contributed by atoms with Crippen LogP contribution >= 0.6 is 0 Å². The van der Waals surface area contributed by atoms with Crippen LogP contribution in [-0.2, 0) is 27.7 Å². The summed E-state index contributed by atoms with van der Waals surface area (Å²) < 4.78 is 24.8. The Morgan fingerprint density at radius 1 is 1.26 bits per heavy atom. The van der Waals surface area contributed by atoms with Gasteiger partial charge in [0.05, 0.1) is 6.26 Å². The van der Waals surface area contributed by atoms with Gasteiger partial charge in [-0.25, -0.2) is 8.42 Å². The third kappa shape index (κ3) is 5.32. The molecule has 1 N–H and O–H groups in total. The summed E-state index contributed by atoms with van der Waals surface area (Å²) in [6, 6.07) is 8.21. The number of nitrogens with one attached hydrogen (secondary N) is 1. The van der Waals surface area contributed by atoms with Gasteiger partial charge in [0.2, 0.25) is 15.9 Å². The van der Waals surface area contributed by atoms with Crippen molar-refractivity contribution in [3.8, 4) is 0 Å². The molecule has 23 heavy (non-hydrogen) atoms. The van der Waals surface area contributed by atoms with Gasteiger partial charge in [0.1, 0.15) is 0 Å². The normalized spacial score (nSPS) is 19.0. The molecule has 5 nitrogen and oxygen atoms in total. The largest absolute Gasteiger partial charge is 0.354 e. The van der Waals surface area contributed by atoms with Crippen molar-refractivity contribution in [1.82, 2.24) is 9.62 Å². The van der Waals surface area contributed by atoms with Crippen molar-refractivity contribution in [2.24, 2.45) is 0 Å². The Labute approximate surface area is 139 Å². The summed E-state index contributed by atoms with van der Waals surface area (Å²) in [4.78, 5) is 12.0. The lowest BCUT2D eigenvalue weighted by molar-refractivity contribution is -0.121. The molecule has 1 heterocycles. The first-order valence-electron chi connectivity index (χ1n) is 8.21. The molecule has 0 bridgehead atoms. The number of benzene rings is 1. The molecule has 1 aliphatic rings. The van der Waals surface area contributed by atoms with E-state index in [0.29, 0.717) is 25.9 Å². The molecule has 1 fully saturated rings. The highest BCUT2D eigenvalue weighted by Crippen LogP contribution is 2.19. The Balaban J connectivity index is 1.76. The molecule has 1 aromatic carbocycles. The van der Waals surface area contributed by atoms with Crippen LogP contribution in [-0.4, -0.2) is 44.0 Å². The van der Waals surface area contributed by atoms with Gasteiger partial charge >= 0.3 is 0 Å². The molecule has 0 aliphatic carbocycles. The maximum absolute atomic E-state index is 12.0. The van der Waals surface area contributed by atoms with Crippen molar-refractivity contribution in [2.75, 3.05) is 19.3 Å². The SMILES string of the molecule is CCc1ccc(CCC(=O)NCC2CCCN2S(C)(=O)=O)cc1. The van der Waals surface area contributed by atoms with E-state index >= 15 is 0 Å². The molecule has 1 aliphatic heterocycles. The first-order chi connectivity index (χ1) is 10.9. The van der Waals surface area contributed by atoms with Crippen LogP contribution in [0.1, 0.15) is 37.3 Å². The van der Waals surface area contributed by atoms with Gasteiger partial charge in [-0.2, -0.15) is 4.31 Å². The predicted octanol–water partition coefficient (Wildman–Crippen LogP) is 1.72. The highest BCUT2D eigenvalue weighted by molar-refractivity contribution is 7.88. The van der Waals surface area contributed by atoms with Gasteiger partial charge in [0, 0.05) is 25.6 Å². The van der Waals surface area contributed by atoms with Crippen LogP contribution in [0.15, 0.2) is 24.3 Å². The minimum absolute atomic E-state index is 0.0232. The zero-order chi connectivity index (χ0) is 16.9. The summed E-state index contributed by atoms with van der Waals surface area (Å²) in [5.41, 5.74) is 2.44. The minimum atomic E-state index is -3.18. The Hall–Kier alpha value is -1.40. The molecule has 0 spiro atoms. The highest BCUT2D eigenvalue weighted by Gasteiger charge is 2.31. The van der Waals surface area contributed by atoms with Crippen LogP contribution in [0.2, 0.25) is 0 Å². The molecule has 1 saturated heterocycles. The van der Waals surface area contributed by atoms with Gasteiger partial charge in [0.15, 0.2) is 0 Å². The van der Waals surface area contributed by atoms with Crippen molar-refractivity contribution < 1.29 is 13.2 Å². The second-order valence-electron chi connectivity index (χ2n) is 6.14. The van der Waals surface area contributed by atoms with E-state index in [1.165, 1.54) is 16.1 Å². The number of hydrogen-bond donors (Lipinski definition) is 1. The van der Waals surface area contributed by atoms with E-state index in [4.69, 9.17) is 0 Å². The van der Waals surface area contributed by atoms with Crippen molar-refractivity contribution in [3.63, 3.8) is 0 Å². The molecule has 1 aromatic rings. The van der Waals surface area contributed by atoms with Gasteiger partial charge in [-0.1, -0.05) is 31.2 Å². The third-order valence-electron chi connectivity index (χ3n) is 4.36. The van der Waals surface area contributed by atoms with Crippen LogP contribution < -0.4 is 5.32 Å². The highest BCUT2D eigenvalue weighted by atomic mass is 32.2. The van der Waals surface area contributed by atoms with Gasteiger partial charge in [-0.05, 0) is 36.8 Å². The smallest absolute Gasteiger partial charge is 0.220 e. The molecule has 0 radical (unpaired) electrons. The summed E-state index contributed by atoms with van der Waals surface area (Å²) in [6.07, 6.45) is 5.04. The Morgan fingerprint density at radius 3 is 2.52 bits per heavy atom. The van der Waals surface area contributed by atoms with E-state index in [1.807, 2.05) is 0 Å². The van der Waals surface area contributed by atoms with Crippen LogP contribution in [0, 0.1) is 0 Å². The Morgan fingerprint density at radius 2 is 1.91 bits per heavy atom. The van der Waals surface area contributed by atoms with E-state index in [1.54, 1.807) is 0 Å². The topological polar surface area (TPSA) is 66.5 Å². The summed E-state index contributed by atoms with van der Waals surface area (Å²) in [5, 5.41) is 2.87. The molecule has 1 amide bonds. The number of amides is 1. The van der Waals surface area contributed by atoms with E-state index in [-0.39, 0.29) is 11.9 Å². The number of nitrogens with zero attached hydrogens (tertiary/aromatic N) is 1. The first-order valence-corrected chi connectivity index (χ1v) is 10.1. The average Bonchev–Trinajstić information content (AvgIpc) is 3.00. The first kappa shape index (κ1) is 17.9. The second kappa shape index (κ2) is 7.93. The summed E-state index contributed by atoms with van der Waals surface area (Å²) in [7, 11) is -3.18. The molecule has 1 unspecified atom stereocenters. The van der Waals surface area contributed by atoms with Gasteiger partial charge < -0.3 is 5.32 Å². The van der Waals surface area contributed by atoms with Crippen molar-refractivity contribution >= 4 is 15.9 Å². The number of hydrogen-bond acceptors (Lipinski definition) is 3. The molecule has 0 saturated carbocycles. The quantitative estimate of drug-likeness (QED) is 0.823. The number of aryl methyl sites for hydroxylation is 2. The van der Waals surface area contributed by atoms with Crippen molar-refractivity contribution in [2.45, 2.75) is 45.1 Å². The second-order valence-corrected chi connectivity index (χ2v) is 8.08. The van der Waals surface area contributed by atoms with Crippen molar-refractivity contribution in [3.05, 3.63) is 35.4 Å². The molecule has 6 heteroatoms. The third-order valence-corrected chi connectivity index (χ3v) is 5.69. The fourth-order valence-electron chi connectivity index (χ4n) is 2.97. The summed E-state index contributed by atoms with van der Waals surface area (Å²) in [6.45, 7) is 3.08. The average molecular weight is 338 g/mol. The number of carbonyl (C=O) groups excluding carboxylic acids is 1. The summed E-state index contributed by atoms with van der Waals surface area (Å²) in [5.74, 6) is -0.0232. The van der Waals surface area contributed by atoms with E-state index in [2.05, 4.69) is 36.5 Å². The lowest BCUT2D eigenvalue weighted by atomic mass is 10.1. The van der Waals surface area contributed by atoms with Crippen LogP contribution in [0.5, 0.6) is 0 Å². The van der Waals surface area contributed by atoms with Crippen LogP contribution in [0.4, 0.5) is 0 Å². The van der Waals surface area contributed by atoms with E-state index in [0.717, 1.165) is 24.8 Å². The minimum Gasteiger partial charge on any atom is -0.354 e. The van der Waals surface area contributed by atoms with Crippen molar-refractivity contribution in [1.29, 1.82) is 0 Å². The van der Waals surface area contributed by atoms with E-state index in [9.17, 15) is 13.2 Å². The fraction of sp³-hybridized carbons (Fsp3) is 0.588. The van der Waals surface area contributed by atoms with Crippen LogP contribution in [0.3, 0.4) is 0 Å². The molecule has 1 atom stereocenters. The predicted molar refractivity (Wildman–Crippen MR) is 91.7 cm³/mol. The maximum Gasteiger partial charge on any atom is 0.220 e. The number of rotatable bonds is 7. The van der Waals surface area contributed by atoms with Gasteiger partial charge in [-0.3, -0.25) is 4.79 Å². The fourth-order valence-corrected chi connectivity index (χ4v) is 4.15. The molecule has 0 aromatic heterocycles. The van der Waals surface area contributed by atoms with Gasteiger partial charge in [0.25, 0.3) is 0 Å². The number of sulfonamides is 1.